The molecule has 2 aliphatic carbocycles. The van der Waals surface area contributed by atoms with Gasteiger partial charge in [0.25, 0.3) is 0 Å². The van der Waals surface area contributed by atoms with Crippen LogP contribution < -0.4 is 0 Å². The third-order valence-corrected chi connectivity index (χ3v) is 3.42. The molecule has 0 fully saturated rings. The minimum atomic E-state index is -0.446. The van der Waals surface area contributed by atoms with E-state index >= 15 is 0 Å². The fourth-order valence-corrected chi connectivity index (χ4v) is 2.55. The second kappa shape index (κ2) is 3.84. The molecule has 1 aromatic carbocycles. The number of nitrogens with zero attached hydrogens (tertiary/aromatic N) is 1. The Morgan fingerprint density at radius 3 is 2.33 bits per heavy atom. The van der Waals surface area contributed by atoms with Crippen molar-refractivity contribution in [3.63, 3.8) is 0 Å². The highest BCUT2D eigenvalue weighted by Crippen LogP contribution is 2.37. The highest BCUT2D eigenvalue weighted by molar-refractivity contribution is 6.19. The number of ketones is 2. The number of Topliss-reactive ketones (excluding diaryl/α,β-unsaturated/α-hetero) is 2. The summed E-state index contributed by atoms with van der Waals surface area (Å²) in [6.45, 7) is 0. The van der Waals surface area contributed by atoms with Gasteiger partial charge in [0.15, 0.2) is 11.6 Å². The van der Waals surface area contributed by atoms with Crippen LogP contribution in [0.5, 0.6) is 0 Å². The Morgan fingerprint density at radius 1 is 1.00 bits per heavy atom. The topological polar surface area (TPSA) is 70.3 Å². The quantitative estimate of drug-likeness (QED) is 0.763. The molecule has 18 heavy (non-hydrogen) atoms. The fraction of sp³-hybridized carbons (Fsp3) is 0.143. The van der Waals surface area contributed by atoms with Crippen LogP contribution in [0.25, 0.3) is 0 Å². The average molecular weight is 238 g/mol. The van der Waals surface area contributed by atoms with Crippen molar-refractivity contribution >= 4 is 17.3 Å². The Kier molecular flexibility index (Phi) is 2.30. The minimum absolute atomic E-state index is 0.0688. The smallest absolute Gasteiger partial charge is 0.173 e. The summed E-state index contributed by atoms with van der Waals surface area (Å²) < 4.78 is 0. The summed E-state index contributed by atoms with van der Waals surface area (Å²) in [7, 11) is 0. The van der Waals surface area contributed by atoms with Crippen LogP contribution in [0, 0.1) is 17.4 Å². The number of hydrogen-bond acceptors (Lipinski definition) is 4. The Hall–Kier alpha value is -2.36. The summed E-state index contributed by atoms with van der Waals surface area (Å²) in [5.74, 6) is -1.05. The standard InChI is InChI=1S/C14H10N2O2/c15-16-11-7-3-6-10-12(11)14(18)9-5-2-1-4-8(9)13(10)17/h1-9,15H. The van der Waals surface area contributed by atoms with Gasteiger partial charge < -0.3 is 0 Å². The number of rotatable bonds is 1. The van der Waals surface area contributed by atoms with Crippen LogP contribution in [0.4, 0.5) is 5.69 Å². The maximum Gasteiger partial charge on any atom is 0.173 e. The van der Waals surface area contributed by atoms with E-state index in [9.17, 15) is 9.59 Å². The van der Waals surface area contributed by atoms with Crippen molar-refractivity contribution in [2.75, 3.05) is 0 Å². The van der Waals surface area contributed by atoms with Gasteiger partial charge in [0.2, 0.25) is 0 Å². The molecule has 0 spiro atoms. The van der Waals surface area contributed by atoms with Gasteiger partial charge in [0.05, 0.1) is 23.1 Å². The van der Waals surface area contributed by atoms with Crippen molar-refractivity contribution in [3.05, 3.63) is 53.6 Å². The lowest BCUT2D eigenvalue weighted by Crippen LogP contribution is -2.35. The first kappa shape index (κ1) is 10.8. The fourth-order valence-electron chi connectivity index (χ4n) is 2.55. The molecule has 0 heterocycles. The van der Waals surface area contributed by atoms with Crippen LogP contribution in [0.15, 0.2) is 47.6 Å². The Balaban J connectivity index is 2.26. The van der Waals surface area contributed by atoms with Crippen LogP contribution in [0.2, 0.25) is 0 Å². The Labute approximate surface area is 104 Å². The number of nitrogens with one attached hydrogen (secondary N) is 1. The summed E-state index contributed by atoms with van der Waals surface area (Å²) in [6, 6.07) is 4.87. The molecule has 2 aliphatic rings. The van der Waals surface area contributed by atoms with E-state index in [1.807, 2.05) is 0 Å². The normalized spacial score (nSPS) is 24.7. The van der Waals surface area contributed by atoms with Crippen LogP contribution in [-0.4, -0.2) is 11.6 Å². The third-order valence-electron chi connectivity index (χ3n) is 3.42. The van der Waals surface area contributed by atoms with Gasteiger partial charge in [-0.05, 0) is 6.07 Å². The van der Waals surface area contributed by atoms with E-state index in [0.717, 1.165) is 0 Å². The molecule has 0 bridgehead atoms. The molecule has 0 saturated carbocycles. The van der Waals surface area contributed by atoms with E-state index < -0.39 is 11.8 Å². The predicted octanol–water partition coefficient (Wildman–Crippen LogP) is 3.09. The molecule has 0 aliphatic heterocycles. The number of carbonyl (C=O) groups excluding carboxylic acids is 2. The van der Waals surface area contributed by atoms with Gasteiger partial charge in [0.1, 0.15) is 0 Å². The maximum atomic E-state index is 12.4. The molecule has 1 N–H and O–H groups in total. The van der Waals surface area contributed by atoms with E-state index in [4.69, 9.17) is 5.53 Å². The van der Waals surface area contributed by atoms with Crippen molar-refractivity contribution in [2.24, 2.45) is 17.0 Å². The predicted molar refractivity (Wildman–Crippen MR) is 65.2 cm³/mol. The van der Waals surface area contributed by atoms with E-state index in [1.165, 1.54) is 0 Å². The van der Waals surface area contributed by atoms with Gasteiger partial charge in [0, 0.05) is 5.56 Å². The zero-order valence-corrected chi connectivity index (χ0v) is 9.46. The Bertz CT molecular complexity index is 629. The molecule has 3 rings (SSSR count). The summed E-state index contributed by atoms with van der Waals surface area (Å²) in [5.41, 5.74) is 8.05. The molecule has 4 heteroatoms. The minimum Gasteiger partial charge on any atom is -0.293 e. The van der Waals surface area contributed by atoms with E-state index in [-0.39, 0.29) is 17.3 Å². The van der Waals surface area contributed by atoms with E-state index in [0.29, 0.717) is 11.1 Å². The van der Waals surface area contributed by atoms with E-state index in [2.05, 4.69) is 5.11 Å². The molecular weight excluding hydrogens is 228 g/mol. The maximum absolute atomic E-state index is 12.4. The van der Waals surface area contributed by atoms with Gasteiger partial charge in [-0.25, -0.2) is 5.53 Å². The molecule has 1 aromatic rings. The SMILES string of the molecule is N=Nc1cccc2c1C(=O)C1C=CC=CC1C2=O. The second-order valence-electron chi connectivity index (χ2n) is 4.36. The molecule has 0 radical (unpaired) electrons. The lowest BCUT2D eigenvalue weighted by atomic mass is 9.72. The molecule has 0 aromatic heterocycles. The van der Waals surface area contributed by atoms with Crippen molar-refractivity contribution in [1.82, 2.24) is 0 Å². The monoisotopic (exact) mass is 238 g/mol. The summed E-state index contributed by atoms with van der Waals surface area (Å²) >= 11 is 0. The number of allylic oxidation sites excluding steroid dienone is 4. The average Bonchev–Trinajstić information content (AvgIpc) is 2.44. The van der Waals surface area contributed by atoms with Gasteiger partial charge in [-0.1, -0.05) is 36.4 Å². The molecule has 0 saturated heterocycles. The highest BCUT2D eigenvalue weighted by Gasteiger charge is 2.40. The largest absolute Gasteiger partial charge is 0.293 e. The van der Waals surface area contributed by atoms with Crippen molar-refractivity contribution < 1.29 is 9.59 Å². The first-order valence-electron chi connectivity index (χ1n) is 5.68. The number of carbonyl (C=O) groups is 2. The molecule has 0 amide bonds. The number of benzene rings is 1. The number of fused-ring (bicyclic) bond motifs is 2. The zero-order chi connectivity index (χ0) is 12.7. The lowest BCUT2D eigenvalue weighted by Gasteiger charge is -2.28. The first-order chi connectivity index (χ1) is 8.74. The molecular formula is C14H10N2O2. The highest BCUT2D eigenvalue weighted by atomic mass is 16.1. The van der Waals surface area contributed by atoms with Gasteiger partial charge in [-0.15, -0.1) is 0 Å². The van der Waals surface area contributed by atoms with Gasteiger partial charge >= 0.3 is 0 Å². The van der Waals surface area contributed by atoms with Crippen LogP contribution >= 0.6 is 0 Å². The first-order valence-corrected chi connectivity index (χ1v) is 5.68. The Morgan fingerprint density at radius 2 is 1.67 bits per heavy atom. The zero-order valence-electron chi connectivity index (χ0n) is 9.46. The molecule has 4 nitrogen and oxygen atoms in total. The van der Waals surface area contributed by atoms with Crippen LogP contribution in [-0.2, 0) is 0 Å². The summed E-state index contributed by atoms with van der Waals surface area (Å²) in [4.78, 5) is 24.7. The third kappa shape index (κ3) is 1.32. The van der Waals surface area contributed by atoms with Gasteiger partial charge in [-0.2, -0.15) is 5.11 Å². The van der Waals surface area contributed by atoms with Crippen LogP contribution in [0.1, 0.15) is 20.7 Å². The van der Waals surface area contributed by atoms with Crippen molar-refractivity contribution in [2.45, 2.75) is 0 Å². The van der Waals surface area contributed by atoms with Crippen LogP contribution in [0.3, 0.4) is 0 Å². The molecule has 2 unspecified atom stereocenters. The van der Waals surface area contributed by atoms with Crippen molar-refractivity contribution in [3.8, 4) is 0 Å². The summed E-state index contributed by atoms with van der Waals surface area (Å²) in [5, 5.41) is 3.34. The van der Waals surface area contributed by atoms with E-state index in [1.54, 1.807) is 42.5 Å². The number of hydrogen-bond donors (Lipinski definition) is 1. The molecule has 88 valence electrons. The summed E-state index contributed by atoms with van der Waals surface area (Å²) in [6.07, 6.45) is 7.07. The van der Waals surface area contributed by atoms with Crippen molar-refractivity contribution in [1.29, 1.82) is 5.53 Å². The van der Waals surface area contributed by atoms with Gasteiger partial charge in [-0.3, -0.25) is 9.59 Å². The lowest BCUT2D eigenvalue weighted by molar-refractivity contribution is 0.0802. The second-order valence-corrected chi connectivity index (χ2v) is 4.36. The molecule has 2 atom stereocenters.